The second-order valence-electron chi connectivity index (χ2n) is 8.35. The standard InChI is InChI=1S/C22H28N6O3/c1-3-27-20(30)18-12-17(19(29)24-13-16-10-6-7-11-23-16)26-28(18)14-22(27,2)21(31)25-15-8-4-5-9-15/h6-7,10-12,15H,3-5,8-9,13-14H2,1-2H3,(H,24,29)(H,25,31). The Kier molecular flexibility index (Phi) is 5.75. The quantitative estimate of drug-likeness (QED) is 0.730. The summed E-state index contributed by atoms with van der Waals surface area (Å²) in [6.07, 6.45) is 5.81. The van der Waals surface area contributed by atoms with Gasteiger partial charge in [-0.15, -0.1) is 0 Å². The summed E-state index contributed by atoms with van der Waals surface area (Å²) in [6, 6.07) is 7.12. The Labute approximate surface area is 181 Å². The Balaban J connectivity index is 1.52. The molecule has 9 heteroatoms. The van der Waals surface area contributed by atoms with Crippen LogP contribution in [-0.4, -0.2) is 55.5 Å². The fourth-order valence-electron chi connectivity index (χ4n) is 4.42. The van der Waals surface area contributed by atoms with E-state index in [1.54, 1.807) is 24.1 Å². The van der Waals surface area contributed by atoms with Gasteiger partial charge in [-0.2, -0.15) is 5.10 Å². The van der Waals surface area contributed by atoms with E-state index in [0.717, 1.165) is 31.4 Å². The molecule has 0 spiro atoms. The minimum Gasteiger partial charge on any atom is -0.351 e. The van der Waals surface area contributed by atoms with Gasteiger partial charge in [-0.1, -0.05) is 18.9 Å². The van der Waals surface area contributed by atoms with Gasteiger partial charge in [0.05, 0.1) is 18.8 Å². The largest absolute Gasteiger partial charge is 0.351 e. The van der Waals surface area contributed by atoms with Gasteiger partial charge >= 0.3 is 0 Å². The molecule has 1 fully saturated rings. The summed E-state index contributed by atoms with van der Waals surface area (Å²) in [5.74, 6) is -0.855. The van der Waals surface area contributed by atoms with Crippen LogP contribution >= 0.6 is 0 Å². The van der Waals surface area contributed by atoms with Crippen molar-refractivity contribution in [2.24, 2.45) is 0 Å². The summed E-state index contributed by atoms with van der Waals surface area (Å²) >= 11 is 0. The van der Waals surface area contributed by atoms with Gasteiger partial charge in [0, 0.05) is 24.8 Å². The average Bonchev–Trinajstić information content (AvgIpc) is 3.43. The van der Waals surface area contributed by atoms with Gasteiger partial charge < -0.3 is 15.5 Å². The van der Waals surface area contributed by atoms with Crippen LogP contribution in [0.2, 0.25) is 0 Å². The van der Waals surface area contributed by atoms with Crippen molar-refractivity contribution in [3.8, 4) is 0 Å². The van der Waals surface area contributed by atoms with Crippen LogP contribution in [0.25, 0.3) is 0 Å². The zero-order valence-electron chi connectivity index (χ0n) is 17.9. The molecular formula is C22H28N6O3. The zero-order valence-corrected chi connectivity index (χ0v) is 17.9. The molecule has 2 N–H and O–H groups in total. The van der Waals surface area contributed by atoms with Crippen molar-refractivity contribution >= 4 is 17.7 Å². The van der Waals surface area contributed by atoms with Crippen molar-refractivity contribution in [2.45, 2.75) is 64.2 Å². The number of pyridine rings is 1. The first kappa shape index (κ1) is 21.0. The highest BCUT2D eigenvalue weighted by Crippen LogP contribution is 2.28. The number of aromatic nitrogens is 3. The van der Waals surface area contributed by atoms with Crippen molar-refractivity contribution in [1.82, 2.24) is 30.3 Å². The van der Waals surface area contributed by atoms with Crippen LogP contribution in [0.1, 0.15) is 66.2 Å². The maximum atomic E-state index is 13.2. The number of carbonyl (C=O) groups is 3. The second kappa shape index (κ2) is 8.49. The van der Waals surface area contributed by atoms with Gasteiger partial charge in [-0.25, -0.2) is 0 Å². The van der Waals surface area contributed by atoms with E-state index in [-0.39, 0.29) is 42.5 Å². The third-order valence-electron chi connectivity index (χ3n) is 6.18. The Bertz CT molecular complexity index is 982. The molecule has 0 radical (unpaired) electrons. The molecule has 1 aliphatic carbocycles. The number of nitrogens with one attached hydrogen (secondary N) is 2. The van der Waals surface area contributed by atoms with Crippen molar-refractivity contribution < 1.29 is 14.4 Å². The number of hydrogen-bond donors (Lipinski definition) is 2. The SMILES string of the molecule is CCN1C(=O)c2cc(C(=O)NCc3ccccn3)nn2CC1(C)C(=O)NC1CCCC1. The van der Waals surface area contributed by atoms with E-state index in [1.165, 1.54) is 10.7 Å². The molecule has 9 nitrogen and oxygen atoms in total. The predicted molar refractivity (Wildman–Crippen MR) is 113 cm³/mol. The number of likely N-dealkylation sites (N-methyl/N-ethyl adjacent to an activating group) is 1. The Morgan fingerprint density at radius 2 is 2.03 bits per heavy atom. The predicted octanol–water partition coefficient (Wildman–Crippen LogP) is 1.50. The summed E-state index contributed by atoms with van der Waals surface area (Å²) in [5.41, 5.74) is 0.130. The lowest BCUT2D eigenvalue weighted by Crippen LogP contribution is -2.64. The average molecular weight is 425 g/mol. The van der Waals surface area contributed by atoms with Gasteiger partial charge in [-0.3, -0.25) is 24.0 Å². The first-order valence-electron chi connectivity index (χ1n) is 10.8. The molecule has 0 saturated heterocycles. The molecule has 1 saturated carbocycles. The van der Waals surface area contributed by atoms with Crippen molar-refractivity contribution in [2.75, 3.05) is 6.54 Å². The van der Waals surface area contributed by atoms with Crippen LogP contribution in [0.15, 0.2) is 30.5 Å². The monoisotopic (exact) mass is 424 g/mol. The Morgan fingerprint density at radius 3 is 2.71 bits per heavy atom. The Morgan fingerprint density at radius 1 is 1.26 bits per heavy atom. The van der Waals surface area contributed by atoms with E-state index < -0.39 is 5.54 Å². The fraction of sp³-hybridized carbons (Fsp3) is 0.500. The number of amides is 3. The second-order valence-corrected chi connectivity index (χ2v) is 8.35. The molecule has 1 atom stereocenters. The summed E-state index contributed by atoms with van der Waals surface area (Å²) in [6.45, 7) is 4.47. The molecule has 2 aromatic rings. The molecule has 31 heavy (non-hydrogen) atoms. The van der Waals surface area contributed by atoms with Crippen LogP contribution in [0, 0.1) is 0 Å². The summed E-state index contributed by atoms with van der Waals surface area (Å²) in [4.78, 5) is 44.7. The highest BCUT2D eigenvalue weighted by Gasteiger charge is 2.48. The first-order chi connectivity index (χ1) is 14.9. The van der Waals surface area contributed by atoms with E-state index in [0.29, 0.717) is 12.2 Å². The van der Waals surface area contributed by atoms with Gasteiger partial charge in [-0.05, 0) is 38.8 Å². The molecule has 0 aromatic carbocycles. The zero-order chi connectivity index (χ0) is 22.0. The molecule has 3 amide bonds. The van der Waals surface area contributed by atoms with Gasteiger partial charge in [0.25, 0.3) is 11.8 Å². The third kappa shape index (κ3) is 4.04. The van der Waals surface area contributed by atoms with Crippen LogP contribution in [0.3, 0.4) is 0 Å². The number of rotatable bonds is 6. The molecule has 4 rings (SSSR count). The summed E-state index contributed by atoms with van der Waals surface area (Å²) in [7, 11) is 0. The minimum atomic E-state index is -1.06. The topological polar surface area (TPSA) is 109 Å². The summed E-state index contributed by atoms with van der Waals surface area (Å²) < 4.78 is 1.48. The summed E-state index contributed by atoms with van der Waals surface area (Å²) in [5, 5.41) is 10.2. The normalized spacial score (nSPS) is 21.1. The van der Waals surface area contributed by atoms with Crippen LogP contribution in [-0.2, 0) is 17.9 Å². The van der Waals surface area contributed by atoms with Crippen LogP contribution in [0.4, 0.5) is 0 Å². The maximum absolute atomic E-state index is 13.2. The highest BCUT2D eigenvalue weighted by molar-refractivity contribution is 6.01. The van der Waals surface area contributed by atoms with E-state index in [2.05, 4.69) is 20.7 Å². The molecule has 1 aliphatic heterocycles. The van der Waals surface area contributed by atoms with Gasteiger partial charge in [0.2, 0.25) is 5.91 Å². The molecule has 1 unspecified atom stereocenters. The lowest BCUT2D eigenvalue weighted by molar-refractivity contribution is -0.133. The van der Waals surface area contributed by atoms with E-state index >= 15 is 0 Å². The van der Waals surface area contributed by atoms with E-state index in [9.17, 15) is 14.4 Å². The Hall–Kier alpha value is -3.23. The van der Waals surface area contributed by atoms with E-state index in [4.69, 9.17) is 0 Å². The number of nitrogens with zero attached hydrogens (tertiary/aromatic N) is 4. The third-order valence-corrected chi connectivity index (χ3v) is 6.18. The molecule has 2 aromatic heterocycles. The number of carbonyl (C=O) groups excluding carboxylic acids is 3. The van der Waals surface area contributed by atoms with Gasteiger partial charge in [0.1, 0.15) is 11.2 Å². The minimum absolute atomic E-state index is 0.149. The van der Waals surface area contributed by atoms with Gasteiger partial charge in [0.15, 0.2) is 5.69 Å². The highest BCUT2D eigenvalue weighted by atomic mass is 16.2. The molecule has 0 bridgehead atoms. The molecule has 2 aliphatic rings. The van der Waals surface area contributed by atoms with Crippen molar-refractivity contribution in [1.29, 1.82) is 0 Å². The fourth-order valence-corrected chi connectivity index (χ4v) is 4.42. The lowest BCUT2D eigenvalue weighted by atomic mass is 9.94. The van der Waals surface area contributed by atoms with Crippen LogP contribution in [0.5, 0.6) is 0 Å². The number of fused-ring (bicyclic) bond motifs is 1. The smallest absolute Gasteiger partial charge is 0.273 e. The molecule has 164 valence electrons. The van der Waals surface area contributed by atoms with Crippen molar-refractivity contribution in [3.05, 3.63) is 47.5 Å². The molecule has 3 heterocycles. The number of hydrogen-bond acceptors (Lipinski definition) is 5. The van der Waals surface area contributed by atoms with E-state index in [1.807, 2.05) is 19.1 Å². The first-order valence-corrected chi connectivity index (χ1v) is 10.8. The lowest BCUT2D eigenvalue weighted by Gasteiger charge is -2.43. The van der Waals surface area contributed by atoms with Crippen molar-refractivity contribution in [3.63, 3.8) is 0 Å². The van der Waals surface area contributed by atoms with Crippen LogP contribution < -0.4 is 10.6 Å². The maximum Gasteiger partial charge on any atom is 0.273 e. The molecular weight excluding hydrogens is 396 g/mol.